The predicted molar refractivity (Wildman–Crippen MR) is 77.8 cm³/mol. The van der Waals surface area contributed by atoms with Crippen LogP contribution in [-0.4, -0.2) is 10.9 Å². The molecule has 1 aromatic carbocycles. The van der Waals surface area contributed by atoms with Gasteiger partial charge in [0.2, 0.25) is 5.91 Å². The van der Waals surface area contributed by atoms with Crippen molar-refractivity contribution >= 4 is 17.7 Å². The number of pyridine rings is 1. The van der Waals surface area contributed by atoms with Gasteiger partial charge in [-0.25, -0.2) is 0 Å². The molecule has 0 aliphatic carbocycles. The second-order valence-electron chi connectivity index (χ2n) is 4.43. The summed E-state index contributed by atoms with van der Waals surface area (Å²) in [5.41, 5.74) is 3.92. The Morgan fingerprint density at radius 1 is 1.26 bits per heavy atom. The molecule has 0 bridgehead atoms. The largest absolute Gasteiger partial charge is 0.322 e. The van der Waals surface area contributed by atoms with E-state index in [2.05, 4.69) is 10.3 Å². The number of amides is 1. The smallest absolute Gasteiger partial charge is 0.248 e. The van der Waals surface area contributed by atoms with Crippen LogP contribution < -0.4 is 5.32 Å². The van der Waals surface area contributed by atoms with Crippen molar-refractivity contribution in [3.8, 4) is 0 Å². The van der Waals surface area contributed by atoms with Crippen LogP contribution >= 0.6 is 0 Å². The molecule has 1 aromatic heterocycles. The maximum absolute atomic E-state index is 11.8. The lowest BCUT2D eigenvalue weighted by molar-refractivity contribution is -0.111. The molecule has 2 rings (SSSR count). The second-order valence-corrected chi connectivity index (χ2v) is 4.43. The third-order valence-corrected chi connectivity index (χ3v) is 2.76. The minimum absolute atomic E-state index is 0.141. The molecule has 3 nitrogen and oxygen atoms in total. The Bertz CT molecular complexity index is 603. The average molecular weight is 252 g/mol. The number of nitrogens with zero attached hydrogens (tertiary/aromatic N) is 1. The lowest BCUT2D eigenvalue weighted by Gasteiger charge is -2.07. The summed E-state index contributed by atoms with van der Waals surface area (Å²) >= 11 is 0. The number of anilines is 1. The molecule has 2 aromatic rings. The topological polar surface area (TPSA) is 42.0 Å². The molecule has 0 unspecified atom stereocenters. The first-order valence-electron chi connectivity index (χ1n) is 6.11. The fourth-order valence-electron chi connectivity index (χ4n) is 1.69. The summed E-state index contributed by atoms with van der Waals surface area (Å²) in [5.74, 6) is -0.141. The van der Waals surface area contributed by atoms with E-state index in [1.807, 2.05) is 44.2 Å². The fraction of sp³-hybridized carbons (Fsp3) is 0.125. The molecule has 96 valence electrons. The zero-order valence-electron chi connectivity index (χ0n) is 11.1. The number of hydrogen-bond acceptors (Lipinski definition) is 2. The highest BCUT2D eigenvalue weighted by Crippen LogP contribution is 2.16. The van der Waals surface area contributed by atoms with Gasteiger partial charge in [-0.15, -0.1) is 0 Å². The van der Waals surface area contributed by atoms with Crippen molar-refractivity contribution in [1.29, 1.82) is 0 Å². The van der Waals surface area contributed by atoms with Crippen LogP contribution in [0.1, 0.15) is 16.7 Å². The van der Waals surface area contributed by atoms with Crippen LogP contribution in [0.4, 0.5) is 5.69 Å². The van der Waals surface area contributed by atoms with Crippen LogP contribution in [-0.2, 0) is 4.79 Å². The van der Waals surface area contributed by atoms with Gasteiger partial charge in [-0.1, -0.05) is 18.2 Å². The molecule has 0 aliphatic heterocycles. The monoisotopic (exact) mass is 252 g/mol. The van der Waals surface area contributed by atoms with Gasteiger partial charge in [0, 0.05) is 24.2 Å². The number of benzene rings is 1. The van der Waals surface area contributed by atoms with E-state index in [-0.39, 0.29) is 5.91 Å². The van der Waals surface area contributed by atoms with Gasteiger partial charge in [0.25, 0.3) is 0 Å². The summed E-state index contributed by atoms with van der Waals surface area (Å²) in [7, 11) is 0. The lowest BCUT2D eigenvalue weighted by atomic mass is 10.1. The molecule has 0 atom stereocenters. The van der Waals surface area contributed by atoms with Crippen LogP contribution in [0.3, 0.4) is 0 Å². The highest BCUT2D eigenvalue weighted by atomic mass is 16.1. The summed E-state index contributed by atoms with van der Waals surface area (Å²) in [6.45, 7) is 3.97. The number of aromatic nitrogens is 1. The van der Waals surface area contributed by atoms with Gasteiger partial charge in [-0.05, 0) is 48.7 Å². The molecule has 19 heavy (non-hydrogen) atoms. The molecule has 1 heterocycles. The molecule has 0 saturated heterocycles. The molecule has 0 spiro atoms. The molecule has 1 amide bonds. The Hall–Kier alpha value is -2.42. The highest BCUT2D eigenvalue weighted by Gasteiger charge is 2.01. The molecule has 1 N–H and O–H groups in total. The van der Waals surface area contributed by atoms with E-state index in [1.165, 1.54) is 6.08 Å². The first-order chi connectivity index (χ1) is 9.15. The number of nitrogens with one attached hydrogen (secondary N) is 1. The summed E-state index contributed by atoms with van der Waals surface area (Å²) in [5, 5.41) is 2.88. The van der Waals surface area contributed by atoms with Crippen molar-refractivity contribution in [3.63, 3.8) is 0 Å². The van der Waals surface area contributed by atoms with Crippen LogP contribution in [0.15, 0.2) is 48.8 Å². The quantitative estimate of drug-likeness (QED) is 0.851. The fourth-order valence-corrected chi connectivity index (χ4v) is 1.69. The zero-order valence-corrected chi connectivity index (χ0v) is 11.1. The van der Waals surface area contributed by atoms with E-state index in [4.69, 9.17) is 0 Å². The molecular weight excluding hydrogens is 236 g/mol. The van der Waals surface area contributed by atoms with Gasteiger partial charge in [0.05, 0.1) is 0 Å². The average Bonchev–Trinajstić information content (AvgIpc) is 2.42. The van der Waals surface area contributed by atoms with Crippen LogP contribution in [0.25, 0.3) is 6.08 Å². The molecule has 3 heteroatoms. The van der Waals surface area contributed by atoms with E-state index >= 15 is 0 Å². The molecular formula is C16H16N2O. The first kappa shape index (κ1) is 13.0. The SMILES string of the molecule is Cc1ccc(C)c(NC(=O)C=Cc2cccnc2)c1. The Labute approximate surface area is 113 Å². The summed E-state index contributed by atoms with van der Waals surface area (Å²) in [6, 6.07) is 9.72. The maximum atomic E-state index is 11.8. The summed E-state index contributed by atoms with van der Waals surface area (Å²) in [6.07, 6.45) is 6.67. The van der Waals surface area contributed by atoms with E-state index in [0.717, 1.165) is 22.4 Å². The van der Waals surface area contributed by atoms with Crippen molar-refractivity contribution in [2.75, 3.05) is 5.32 Å². The van der Waals surface area contributed by atoms with Crippen molar-refractivity contribution in [3.05, 3.63) is 65.5 Å². The van der Waals surface area contributed by atoms with Gasteiger partial charge in [-0.2, -0.15) is 0 Å². The highest BCUT2D eigenvalue weighted by molar-refractivity contribution is 6.02. The molecule has 0 saturated carbocycles. The number of carbonyl (C=O) groups is 1. The Kier molecular flexibility index (Phi) is 4.08. The van der Waals surface area contributed by atoms with Crippen LogP contribution in [0.2, 0.25) is 0 Å². The van der Waals surface area contributed by atoms with Crippen molar-refractivity contribution in [1.82, 2.24) is 4.98 Å². The Balaban J connectivity index is 2.06. The molecule has 0 aliphatic rings. The standard InChI is InChI=1S/C16H16N2O/c1-12-5-6-13(2)15(10-12)18-16(19)8-7-14-4-3-9-17-11-14/h3-11H,1-2H3,(H,18,19). The first-order valence-corrected chi connectivity index (χ1v) is 6.11. The summed E-state index contributed by atoms with van der Waals surface area (Å²) in [4.78, 5) is 15.8. The van der Waals surface area contributed by atoms with E-state index < -0.39 is 0 Å². The zero-order chi connectivity index (χ0) is 13.7. The second kappa shape index (κ2) is 5.96. The Morgan fingerprint density at radius 3 is 2.84 bits per heavy atom. The van der Waals surface area contributed by atoms with Gasteiger partial charge in [0.15, 0.2) is 0 Å². The van der Waals surface area contributed by atoms with Crippen molar-refractivity contribution in [2.45, 2.75) is 13.8 Å². The van der Waals surface area contributed by atoms with Crippen LogP contribution in [0.5, 0.6) is 0 Å². The number of rotatable bonds is 3. The van der Waals surface area contributed by atoms with E-state index in [0.29, 0.717) is 0 Å². The van der Waals surface area contributed by atoms with Gasteiger partial charge in [-0.3, -0.25) is 9.78 Å². The van der Waals surface area contributed by atoms with E-state index in [9.17, 15) is 4.79 Å². The van der Waals surface area contributed by atoms with Gasteiger partial charge < -0.3 is 5.32 Å². The normalized spacial score (nSPS) is 10.6. The van der Waals surface area contributed by atoms with Crippen LogP contribution in [0, 0.1) is 13.8 Å². The predicted octanol–water partition coefficient (Wildman–Crippen LogP) is 3.35. The molecule has 0 radical (unpaired) electrons. The minimum atomic E-state index is -0.141. The maximum Gasteiger partial charge on any atom is 0.248 e. The Morgan fingerprint density at radius 2 is 2.11 bits per heavy atom. The van der Waals surface area contributed by atoms with Crippen molar-refractivity contribution < 1.29 is 4.79 Å². The molecule has 0 fully saturated rings. The number of hydrogen-bond donors (Lipinski definition) is 1. The lowest BCUT2D eigenvalue weighted by Crippen LogP contribution is -2.09. The summed E-state index contributed by atoms with van der Waals surface area (Å²) < 4.78 is 0. The third-order valence-electron chi connectivity index (χ3n) is 2.76. The van der Waals surface area contributed by atoms with Crippen molar-refractivity contribution in [2.24, 2.45) is 0 Å². The number of carbonyl (C=O) groups excluding carboxylic acids is 1. The van der Waals surface area contributed by atoms with E-state index in [1.54, 1.807) is 18.5 Å². The minimum Gasteiger partial charge on any atom is -0.322 e. The third kappa shape index (κ3) is 3.78. The number of aryl methyl sites for hydroxylation is 2. The van der Waals surface area contributed by atoms with Gasteiger partial charge in [0.1, 0.15) is 0 Å². The van der Waals surface area contributed by atoms with Gasteiger partial charge >= 0.3 is 0 Å².